The first-order valence-corrected chi connectivity index (χ1v) is 15.7. The van der Waals surface area contributed by atoms with Crippen LogP contribution in [0.15, 0.2) is 40.9 Å². The van der Waals surface area contributed by atoms with Gasteiger partial charge < -0.3 is 24.6 Å². The number of benzene rings is 2. The summed E-state index contributed by atoms with van der Waals surface area (Å²) in [4.78, 5) is 32.5. The number of carbonyl (C=O) groups is 2. The molecule has 0 saturated heterocycles. The summed E-state index contributed by atoms with van der Waals surface area (Å²) in [6, 6.07) is 9.82. The predicted molar refractivity (Wildman–Crippen MR) is 160 cm³/mol. The van der Waals surface area contributed by atoms with Crippen LogP contribution >= 0.6 is 0 Å². The monoisotopic (exact) mass is 641 g/mol. The maximum atomic E-state index is 13.1. The molecule has 4 atom stereocenters. The number of ether oxygens (including phenoxy) is 2. The summed E-state index contributed by atoms with van der Waals surface area (Å²) in [5, 5.41) is 10.1. The van der Waals surface area contributed by atoms with Crippen molar-refractivity contribution in [1.29, 1.82) is 0 Å². The molecule has 46 heavy (non-hydrogen) atoms. The number of alkyl halides is 3. The second-order valence-corrected chi connectivity index (χ2v) is 12.4. The average Bonchev–Trinajstić information content (AvgIpc) is 3.51. The van der Waals surface area contributed by atoms with Crippen LogP contribution in [0.1, 0.15) is 60.0 Å². The lowest BCUT2D eigenvalue weighted by atomic mass is 9.87. The Balaban J connectivity index is 1.20. The molecule has 10 nitrogen and oxygen atoms in total. The Kier molecular flexibility index (Phi) is 9.32. The molecule has 2 fully saturated rings. The van der Waals surface area contributed by atoms with Gasteiger partial charge in [-0.05, 0) is 72.6 Å². The largest absolute Gasteiger partial charge is 0.573 e. The minimum Gasteiger partial charge on any atom is -0.406 e. The van der Waals surface area contributed by atoms with Gasteiger partial charge in [-0.2, -0.15) is 4.98 Å². The van der Waals surface area contributed by atoms with Gasteiger partial charge in [0.15, 0.2) is 5.82 Å². The number of rotatable bonds is 11. The number of aromatic nitrogens is 2. The number of nitrogens with zero attached hydrogens (tertiary/aromatic N) is 3. The fraction of sp³-hybridized carbons (Fsp3) is 0.515. The van der Waals surface area contributed by atoms with Crippen molar-refractivity contribution in [3.05, 3.63) is 64.8 Å². The van der Waals surface area contributed by atoms with Crippen molar-refractivity contribution < 1.29 is 36.8 Å². The van der Waals surface area contributed by atoms with Gasteiger partial charge in [0.1, 0.15) is 5.75 Å². The average molecular weight is 642 g/mol. The standard InChI is InChI=1S/C33H38F3N5O5/c1-19-38-32(46-40-19)27-14-26(27)31(43)37-15-21-9-10-24(20-5-3-7-23(13-20)45-33(34,35)36)25-11-12-41(16-28(21)25)17-30(42)39-29-8-4-6-22(29)18-44-2/h3,5,7,9-10,13,22,26-27,29H,4,6,8,11-12,14-18H2,1-2H3,(H,37,43)(H,39,42)/t22-,26?,27?,29+/m0/s1. The first kappa shape index (κ1) is 32.0. The molecule has 0 spiro atoms. The van der Waals surface area contributed by atoms with Crippen molar-refractivity contribution in [1.82, 2.24) is 25.7 Å². The van der Waals surface area contributed by atoms with Crippen LogP contribution < -0.4 is 15.4 Å². The van der Waals surface area contributed by atoms with Crippen molar-refractivity contribution in [2.75, 3.05) is 26.8 Å². The number of amides is 2. The molecule has 2 aromatic carbocycles. The van der Waals surface area contributed by atoms with E-state index in [0.29, 0.717) is 55.7 Å². The number of hydrogen-bond acceptors (Lipinski definition) is 8. The number of methoxy groups -OCH3 is 1. The molecule has 246 valence electrons. The van der Waals surface area contributed by atoms with Crippen molar-refractivity contribution in [2.45, 2.75) is 70.4 Å². The van der Waals surface area contributed by atoms with Crippen LogP contribution in [0.3, 0.4) is 0 Å². The first-order valence-electron chi connectivity index (χ1n) is 15.7. The Morgan fingerprint density at radius 3 is 2.76 bits per heavy atom. The fourth-order valence-corrected chi connectivity index (χ4v) is 6.86. The summed E-state index contributed by atoms with van der Waals surface area (Å²) in [5.41, 5.74) is 4.22. The Morgan fingerprint density at radius 2 is 2.00 bits per heavy atom. The quantitative estimate of drug-likeness (QED) is 0.311. The topological polar surface area (TPSA) is 119 Å². The van der Waals surface area contributed by atoms with Crippen molar-refractivity contribution in [3.8, 4) is 16.9 Å². The molecular formula is C33H38F3N5O5. The number of nitrogens with one attached hydrogen (secondary N) is 2. The third kappa shape index (κ3) is 7.52. The zero-order valence-electron chi connectivity index (χ0n) is 25.9. The lowest BCUT2D eigenvalue weighted by Gasteiger charge is -2.32. The summed E-state index contributed by atoms with van der Waals surface area (Å²) >= 11 is 0. The molecule has 2 heterocycles. The molecule has 3 aliphatic rings. The third-order valence-electron chi connectivity index (χ3n) is 9.16. The van der Waals surface area contributed by atoms with E-state index < -0.39 is 6.36 Å². The predicted octanol–water partition coefficient (Wildman–Crippen LogP) is 4.65. The number of fused-ring (bicyclic) bond motifs is 1. The minimum atomic E-state index is -4.80. The van der Waals surface area contributed by atoms with E-state index in [1.165, 1.54) is 18.2 Å². The molecular weight excluding hydrogens is 603 g/mol. The van der Waals surface area contributed by atoms with Gasteiger partial charge in [-0.1, -0.05) is 35.8 Å². The smallest absolute Gasteiger partial charge is 0.406 e. The molecule has 6 rings (SSSR count). The van der Waals surface area contributed by atoms with E-state index in [4.69, 9.17) is 9.26 Å². The van der Waals surface area contributed by atoms with Gasteiger partial charge in [0.25, 0.3) is 0 Å². The van der Waals surface area contributed by atoms with E-state index >= 15 is 0 Å². The van der Waals surface area contributed by atoms with Crippen molar-refractivity contribution >= 4 is 11.8 Å². The molecule has 1 aromatic heterocycles. The van der Waals surface area contributed by atoms with Gasteiger partial charge >= 0.3 is 6.36 Å². The van der Waals surface area contributed by atoms with Crippen LogP contribution in [0.4, 0.5) is 13.2 Å². The zero-order valence-corrected chi connectivity index (χ0v) is 25.9. The number of carbonyl (C=O) groups excluding carboxylic acids is 2. The molecule has 2 aliphatic carbocycles. The molecule has 0 radical (unpaired) electrons. The van der Waals surface area contributed by atoms with Crippen LogP contribution in [-0.2, 0) is 33.8 Å². The fourth-order valence-electron chi connectivity index (χ4n) is 6.86. The summed E-state index contributed by atoms with van der Waals surface area (Å²) in [5.74, 6) is 0.514. The Bertz CT molecular complexity index is 1580. The second-order valence-electron chi connectivity index (χ2n) is 12.4. The molecule has 13 heteroatoms. The van der Waals surface area contributed by atoms with E-state index in [9.17, 15) is 22.8 Å². The lowest BCUT2D eigenvalue weighted by Crippen LogP contribution is -2.45. The molecule has 2 amide bonds. The molecule has 2 saturated carbocycles. The van der Waals surface area contributed by atoms with Gasteiger partial charge in [-0.15, -0.1) is 13.2 Å². The van der Waals surface area contributed by atoms with Gasteiger partial charge in [-0.3, -0.25) is 14.5 Å². The van der Waals surface area contributed by atoms with Gasteiger partial charge in [0.05, 0.1) is 25.0 Å². The number of halogens is 3. The van der Waals surface area contributed by atoms with E-state index in [1.807, 2.05) is 12.1 Å². The minimum absolute atomic E-state index is 0.0458. The summed E-state index contributed by atoms with van der Waals surface area (Å²) in [7, 11) is 1.67. The number of hydrogen-bond donors (Lipinski definition) is 2. The summed E-state index contributed by atoms with van der Waals surface area (Å²) in [6.07, 6.45) is -0.567. The molecule has 2 unspecified atom stereocenters. The van der Waals surface area contributed by atoms with E-state index in [0.717, 1.165) is 41.5 Å². The highest BCUT2D eigenvalue weighted by molar-refractivity contribution is 5.82. The highest BCUT2D eigenvalue weighted by Gasteiger charge is 2.47. The lowest BCUT2D eigenvalue weighted by molar-refractivity contribution is -0.274. The molecule has 2 N–H and O–H groups in total. The van der Waals surface area contributed by atoms with Crippen LogP contribution in [0.5, 0.6) is 5.75 Å². The van der Waals surface area contributed by atoms with Crippen molar-refractivity contribution in [2.24, 2.45) is 11.8 Å². The van der Waals surface area contributed by atoms with Crippen LogP contribution in [-0.4, -0.2) is 66.1 Å². The second kappa shape index (κ2) is 13.4. The van der Waals surface area contributed by atoms with E-state index in [1.54, 1.807) is 20.1 Å². The third-order valence-corrected chi connectivity index (χ3v) is 9.16. The molecule has 0 bridgehead atoms. The van der Waals surface area contributed by atoms with Crippen LogP contribution in [0.25, 0.3) is 11.1 Å². The maximum absolute atomic E-state index is 13.1. The normalized spacial score (nSPS) is 22.7. The van der Waals surface area contributed by atoms with Crippen molar-refractivity contribution in [3.63, 3.8) is 0 Å². The first-order chi connectivity index (χ1) is 22.1. The summed E-state index contributed by atoms with van der Waals surface area (Å²) in [6.45, 7) is 3.89. The highest BCUT2D eigenvalue weighted by atomic mass is 19.4. The van der Waals surface area contributed by atoms with Crippen LogP contribution in [0.2, 0.25) is 0 Å². The SMILES string of the molecule is COC[C@@H]1CCC[C@H]1NC(=O)CN1CCc2c(-c3cccc(OC(F)(F)F)c3)ccc(CNC(=O)C3CC3c3nc(C)no3)c2C1. The van der Waals surface area contributed by atoms with Gasteiger partial charge in [-0.25, -0.2) is 0 Å². The number of aryl methyl sites for hydroxylation is 1. The Morgan fingerprint density at radius 1 is 1.15 bits per heavy atom. The van der Waals surface area contributed by atoms with E-state index in [2.05, 4.69) is 30.4 Å². The Hall–Kier alpha value is -3.97. The van der Waals surface area contributed by atoms with Crippen LogP contribution in [0, 0.1) is 18.8 Å². The van der Waals surface area contributed by atoms with E-state index in [-0.39, 0.29) is 48.5 Å². The van der Waals surface area contributed by atoms with Gasteiger partial charge in [0, 0.05) is 38.7 Å². The molecule has 3 aromatic rings. The zero-order chi connectivity index (χ0) is 32.4. The summed E-state index contributed by atoms with van der Waals surface area (Å²) < 4.78 is 53.6. The van der Waals surface area contributed by atoms with Gasteiger partial charge in [0.2, 0.25) is 17.7 Å². The highest BCUT2D eigenvalue weighted by Crippen LogP contribution is 2.47. The molecule has 1 aliphatic heterocycles. The maximum Gasteiger partial charge on any atom is 0.573 e. The Labute approximate surface area is 265 Å².